The van der Waals surface area contributed by atoms with Gasteiger partial charge in [0, 0.05) is 17.8 Å². The minimum absolute atomic E-state index is 0.156. The Labute approximate surface area is 68.0 Å². The van der Waals surface area contributed by atoms with Crippen molar-refractivity contribution in [2.75, 3.05) is 7.05 Å². The summed E-state index contributed by atoms with van der Waals surface area (Å²) in [7, 11) is 1.50. The van der Waals surface area contributed by atoms with Crippen LogP contribution in [0.1, 0.15) is 26.6 Å². The number of aromatic amines is 1. The summed E-state index contributed by atoms with van der Waals surface area (Å²) in [6.45, 7) is 6.39. The lowest BCUT2D eigenvalue weighted by Crippen LogP contribution is -2.12. The van der Waals surface area contributed by atoms with E-state index in [-0.39, 0.29) is 5.41 Å². The van der Waals surface area contributed by atoms with E-state index in [1.807, 2.05) is 6.20 Å². The Balaban J connectivity index is 0.000000461. The van der Waals surface area contributed by atoms with E-state index >= 15 is 0 Å². The molecule has 0 aliphatic carbocycles. The second kappa shape index (κ2) is 4.13. The van der Waals surface area contributed by atoms with Crippen LogP contribution >= 0.6 is 0 Å². The standard InChI is InChI=1S/C7H12N2.CH5N/c1-7(2,3)6-8-4-5-9-6;1-2/h4-5H,1-3H3,(H,8,9);2H2,1H3. The van der Waals surface area contributed by atoms with Crippen molar-refractivity contribution in [1.29, 1.82) is 0 Å². The average Bonchev–Trinajstić information content (AvgIpc) is 2.40. The molecule has 0 amide bonds. The van der Waals surface area contributed by atoms with Crippen molar-refractivity contribution < 1.29 is 0 Å². The highest BCUT2D eigenvalue weighted by molar-refractivity contribution is 5.00. The van der Waals surface area contributed by atoms with Gasteiger partial charge in [-0.15, -0.1) is 0 Å². The monoisotopic (exact) mass is 155 g/mol. The smallest absolute Gasteiger partial charge is 0.111 e. The second-order valence-corrected chi connectivity index (χ2v) is 3.19. The molecule has 0 aliphatic rings. The van der Waals surface area contributed by atoms with Crippen molar-refractivity contribution in [2.45, 2.75) is 26.2 Å². The molecule has 0 aromatic carbocycles. The zero-order valence-corrected chi connectivity index (χ0v) is 7.68. The molecule has 0 saturated carbocycles. The predicted molar refractivity (Wildman–Crippen MR) is 47.4 cm³/mol. The zero-order chi connectivity index (χ0) is 8.91. The fourth-order valence-electron chi connectivity index (χ4n) is 0.675. The van der Waals surface area contributed by atoms with Gasteiger partial charge < -0.3 is 10.7 Å². The Morgan fingerprint density at radius 1 is 1.36 bits per heavy atom. The minimum Gasteiger partial charge on any atom is -0.348 e. The van der Waals surface area contributed by atoms with Crippen molar-refractivity contribution in [1.82, 2.24) is 9.97 Å². The third-order valence-corrected chi connectivity index (χ3v) is 1.21. The van der Waals surface area contributed by atoms with Crippen LogP contribution in [0.4, 0.5) is 0 Å². The minimum atomic E-state index is 0.156. The zero-order valence-electron chi connectivity index (χ0n) is 7.68. The van der Waals surface area contributed by atoms with E-state index in [0.29, 0.717) is 0 Å². The summed E-state index contributed by atoms with van der Waals surface area (Å²) < 4.78 is 0. The summed E-state index contributed by atoms with van der Waals surface area (Å²) in [5, 5.41) is 0. The van der Waals surface area contributed by atoms with Gasteiger partial charge in [0.25, 0.3) is 0 Å². The third kappa shape index (κ3) is 3.18. The van der Waals surface area contributed by atoms with Crippen molar-refractivity contribution in [2.24, 2.45) is 5.73 Å². The van der Waals surface area contributed by atoms with Crippen LogP contribution in [0.3, 0.4) is 0 Å². The van der Waals surface area contributed by atoms with Gasteiger partial charge in [0.1, 0.15) is 5.82 Å². The van der Waals surface area contributed by atoms with Gasteiger partial charge >= 0.3 is 0 Å². The predicted octanol–water partition coefficient (Wildman–Crippen LogP) is 1.28. The molecule has 3 nitrogen and oxygen atoms in total. The molecule has 3 heteroatoms. The number of imidazole rings is 1. The van der Waals surface area contributed by atoms with E-state index in [4.69, 9.17) is 0 Å². The van der Waals surface area contributed by atoms with E-state index < -0.39 is 0 Å². The molecule has 1 rings (SSSR count). The van der Waals surface area contributed by atoms with Gasteiger partial charge in [0.2, 0.25) is 0 Å². The Bertz CT molecular complexity index is 172. The quantitative estimate of drug-likeness (QED) is 0.593. The highest BCUT2D eigenvalue weighted by Crippen LogP contribution is 2.16. The molecule has 0 unspecified atom stereocenters. The molecular weight excluding hydrogens is 138 g/mol. The Hall–Kier alpha value is -0.830. The average molecular weight is 155 g/mol. The van der Waals surface area contributed by atoms with Crippen LogP contribution < -0.4 is 5.73 Å². The largest absolute Gasteiger partial charge is 0.348 e. The van der Waals surface area contributed by atoms with Crippen LogP contribution in [0.5, 0.6) is 0 Å². The SMILES string of the molecule is CC(C)(C)c1ncc[nH]1.CN. The Kier molecular flexibility index (Phi) is 3.82. The Morgan fingerprint density at radius 2 is 1.91 bits per heavy atom. The van der Waals surface area contributed by atoms with Crippen LogP contribution in [-0.2, 0) is 5.41 Å². The van der Waals surface area contributed by atoms with E-state index in [2.05, 4.69) is 36.5 Å². The first kappa shape index (κ1) is 10.2. The van der Waals surface area contributed by atoms with Crippen molar-refractivity contribution in [3.63, 3.8) is 0 Å². The molecule has 11 heavy (non-hydrogen) atoms. The van der Waals surface area contributed by atoms with Crippen LogP contribution in [0, 0.1) is 0 Å². The maximum absolute atomic E-state index is 4.50. The summed E-state index contributed by atoms with van der Waals surface area (Å²) in [6.07, 6.45) is 3.63. The van der Waals surface area contributed by atoms with Crippen LogP contribution in [0.25, 0.3) is 0 Å². The van der Waals surface area contributed by atoms with Gasteiger partial charge in [0.15, 0.2) is 0 Å². The van der Waals surface area contributed by atoms with Gasteiger partial charge in [-0.3, -0.25) is 0 Å². The summed E-state index contributed by atoms with van der Waals surface area (Å²) in [4.78, 5) is 7.20. The molecule has 64 valence electrons. The molecule has 0 bridgehead atoms. The summed E-state index contributed by atoms with van der Waals surface area (Å²) >= 11 is 0. The first-order chi connectivity index (χ1) is 5.11. The fourth-order valence-corrected chi connectivity index (χ4v) is 0.675. The van der Waals surface area contributed by atoms with Crippen molar-refractivity contribution >= 4 is 0 Å². The number of hydrogen-bond donors (Lipinski definition) is 2. The van der Waals surface area contributed by atoms with Crippen LogP contribution in [0.2, 0.25) is 0 Å². The van der Waals surface area contributed by atoms with Gasteiger partial charge in [-0.25, -0.2) is 4.98 Å². The normalized spacial score (nSPS) is 10.3. The number of hydrogen-bond acceptors (Lipinski definition) is 2. The summed E-state index contributed by atoms with van der Waals surface area (Å²) in [5.41, 5.74) is 4.66. The molecule has 0 atom stereocenters. The molecular formula is C8H17N3. The number of nitrogens with zero attached hydrogens (tertiary/aromatic N) is 1. The van der Waals surface area contributed by atoms with Gasteiger partial charge in [0.05, 0.1) is 0 Å². The molecule has 0 aliphatic heterocycles. The second-order valence-electron chi connectivity index (χ2n) is 3.19. The molecule has 0 spiro atoms. The summed E-state index contributed by atoms with van der Waals surface area (Å²) in [6, 6.07) is 0. The van der Waals surface area contributed by atoms with E-state index in [1.165, 1.54) is 7.05 Å². The Morgan fingerprint density at radius 3 is 2.09 bits per heavy atom. The lowest BCUT2D eigenvalue weighted by atomic mass is 9.96. The third-order valence-electron chi connectivity index (χ3n) is 1.21. The molecule has 3 N–H and O–H groups in total. The van der Waals surface area contributed by atoms with E-state index in [9.17, 15) is 0 Å². The number of nitrogens with one attached hydrogen (secondary N) is 1. The summed E-state index contributed by atoms with van der Waals surface area (Å²) in [5.74, 6) is 1.04. The highest BCUT2D eigenvalue weighted by atomic mass is 14.9. The topological polar surface area (TPSA) is 54.7 Å². The first-order valence-electron chi connectivity index (χ1n) is 3.68. The van der Waals surface area contributed by atoms with Crippen molar-refractivity contribution in [3.05, 3.63) is 18.2 Å². The molecule has 1 aromatic heterocycles. The van der Waals surface area contributed by atoms with Gasteiger partial charge in [-0.2, -0.15) is 0 Å². The van der Waals surface area contributed by atoms with Crippen LogP contribution in [-0.4, -0.2) is 17.0 Å². The lowest BCUT2D eigenvalue weighted by Gasteiger charge is -2.13. The highest BCUT2D eigenvalue weighted by Gasteiger charge is 2.14. The maximum Gasteiger partial charge on any atom is 0.111 e. The maximum atomic E-state index is 4.50. The number of nitrogens with two attached hydrogens (primary N) is 1. The number of rotatable bonds is 0. The van der Waals surface area contributed by atoms with Gasteiger partial charge in [-0.05, 0) is 7.05 Å². The van der Waals surface area contributed by atoms with Crippen molar-refractivity contribution in [3.8, 4) is 0 Å². The molecule has 0 radical (unpaired) electrons. The molecule has 0 saturated heterocycles. The first-order valence-corrected chi connectivity index (χ1v) is 3.68. The molecule has 1 heterocycles. The lowest BCUT2D eigenvalue weighted by molar-refractivity contribution is 0.552. The van der Waals surface area contributed by atoms with E-state index in [0.717, 1.165) is 5.82 Å². The molecule has 1 aromatic rings. The fraction of sp³-hybridized carbons (Fsp3) is 0.625. The van der Waals surface area contributed by atoms with Gasteiger partial charge in [-0.1, -0.05) is 20.8 Å². The molecule has 0 fully saturated rings. The van der Waals surface area contributed by atoms with Crippen LogP contribution in [0.15, 0.2) is 12.4 Å². The van der Waals surface area contributed by atoms with E-state index in [1.54, 1.807) is 6.20 Å². The number of H-pyrrole nitrogens is 1. The number of aromatic nitrogens is 2.